The summed E-state index contributed by atoms with van der Waals surface area (Å²) in [6.45, 7) is 8.29. The molecule has 4 aromatic heterocycles. The number of methoxy groups -OCH3 is 1. The highest BCUT2D eigenvalue weighted by Crippen LogP contribution is 2.42. The molecule has 11 rings (SSSR count). The van der Waals surface area contributed by atoms with Crippen molar-refractivity contribution in [1.82, 2.24) is 30.1 Å². The molecule has 5 amide bonds. The van der Waals surface area contributed by atoms with Crippen molar-refractivity contribution in [3.05, 3.63) is 98.6 Å². The summed E-state index contributed by atoms with van der Waals surface area (Å²) in [6.07, 6.45) is 10.9. The van der Waals surface area contributed by atoms with Crippen LogP contribution in [0.3, 0.4) is 0 Å². The number of fused-ring (bicyclic) bond motifs is 4. The topological polar surface area (TPSA) is 194 Å². The van der Waals surface area contributed by atoms with Gasteiger partial charge in [-0.25, -0.2) is 15.0 Å². The van der Waals surface area contributed by atoms with E-state index in [1.807, 2.05) is 18.2 Å². The Bertz CT molecular complexity index is 3050. The fourth-order valence-electron chi connectivity index (χ4n) is 11.4. The van der Waals surface area contributed by atoms with Crippen molar-refractivity contribution >= 4 is 69.6 Å². The Labute approximate surface area is 414 Å². The number of hydrogen-bond donors (Lipinski definition) is 3. The molecular weight excluding hydrogens is 909 g/mol. The Balaban J connectivity index is 0.746. The number of aliphatic hydroxyl groups is 1. The summed E-state index contributed by atoms with van der Waals surface area (Å²) in [6, 6.07) is 12.1. The molecule has 3 N–H and O–H groups in total. The monoisotopic (exact) mass is 967 g/mol. The zero-order valence-electron chi connectivity index (χ0n) is 42.1. The smallest absolute Gasteiger partial charge is 0.269 e. The van der Waals surface area contributed by atoms with Gasteiger partial charge in [0.2, 0.25) is 17.7 Å². The first-order valence-electron chi connectivity index (χ1n) is 25.8. The van der Waals surface area contributed by atoms with E-state index in [9.17, 15) is 29.1 Å². The number of amides is 5. The summed E-state index contributed by atoms with van der Waals surface area (Å²) in [7, 11) is -2.79. The van der Waals surface area contributed by atoms with E-state index in [0.29, 0.717) is 47.3 Å². The lowest BCUT2D eigenvalue weighted by Crippen LogP contribution is -2.57. The van der Waals surface area contributed by atoms with Crippen LogP contribution < -0.4 is 30.1 Å². The van der Waals surface area contributed by atoms with Crippen LogP contribution >= 0.6 is 11.3 Å². The van der Waals surface area contributed by atoms with Gasteiger partial charge in [0.05, 0.1) is 45.1 Å². The molecule has 1 aromatic carbocycles. The fraction of sp³-hybridized carbons (Fsp3) is 0.423. The molecule has 362 valence electrons. The van der Waals surface area contributed by atoms with Gasteiger partial charge in [0, 0.05) is 91.9 Å². The third-order valence-electron chi connectivity index (χ3n) is 15.0. The van der Waals surface area contributed by atoms with Gasteiger partial charge in [-0.15, -0.1) is 11.3 Å². The number of nitrogens with one attached hydrogen (secondary N) is 2. The van der Waals surface area contributed by atoms with E-state index in [2.05, 4.69) is 42.2 Å². The van der Waals surface area contributed by atoms with E-state index in [1.165, 1.54) is 16.6 Å². The van der Waals surface area contributed by atoms with E-state index < -0.39 is 42.8 Å². The van der Waals surface area contributed by atoms with Crippen LogP contribution in [0.15, 0.2) is 61.1 Å². The van der Waals surface area contributed by atoms with Crippen LogP contribution in [0.1, 0.15) is 115 Å². The molecule has 6 aliphatic rings. The van der Waals surface area contributed by atoms with Gasteiger partial charge in [-0.2, -0.15) is 0 Å². The number of pyridine rings is 3. The number of thiophene rings is 1. The second-order valence-electron chi connectivity index (χ2n) is 19.1. The van der Waals surface area contributed by atoms with Crippen LogP contribution in [0, 0.1) is 0 Å². The van der Waals surface area contributed by atoms with Gasteiger partial charge in [-0.05, 0) is 124 Å². The van der Waals surface area contributed by atoms with E-state index in [4.69, 9.17) is 13.8 Å². The second-order valence-corrected chi connectivity index (χ2v) is 20.2. The van der Waals surface area contributed by atoms with Gasteiger partial charge < -0.3 is 25.0 Å². The number of anilines is 5. The highest BCUT2D eigenvalue weighted by Gasteiger charge is 2.45. The van der Waals surface area contributed by atoms with Crippen LogP contribution in [0.4, 0.5) is 28.7 Å². The molecule has 1 aliphatic carbocycles. The Morgan fingerprint density at radius 1 is 0.829 bits per heavy atom. The summed E-state index contributed by atoms with van der Waals surface area (Å²) >= 11 is 1.59. The minimum atomic E-state index is -2.79. The molecule has 0 bridgehead atoms. The third kappa shape index (κ3) is 8.14. The van der Waals surface area contributed by atoms with Crippen molar-refractivity contribution in [3.63, 3.8) is 0 Å². The lowest BCUT2D eigenvalue weighted by molar-refractivity contribution is -0.136. The number of aliphatic hydroxyl groups excluding tert-OH is 1. The molecule has 0 radical (unpaired) electrons. The molecule has 17 nitrogen and oxygen atoms in total. The number of hydrogen-bond acceptors (Lipinski definition) is 15. The predicted molar refractivity (Wildman–Crippen MR) is 265 cm³/mol. The number of aromatic nitrogens is 3. The number of carbonyl (C=O) groups excluding carboxylic acids is 5. The van der Waals surface area contributed by atoms with Gasteiger partial charge in [-0.1, -0.05) is 0 Å². The van der Waals surface area contributed by atoms with Crippen LogP contribution in [-0.2, 0) is 28.9 Å². The van der Waals surface area contributed by atoms with E-state index in [-0.39, 0.29) is 47.5 Å². The number of imide groups is 2. The van der Waals surface area contributed by atoms with E-state index in [1.54, 1.807) is 59.8 Å². The predicted octanol–water partition coefficient (Wildman–Crippen LogP) is 6.07. The van der Waals surface area contributed by atoms with E-state index >= 15 is 0 Å². The van der Waals surface area contributed by atoms with Crippen LogP contribution in [0.2, 0.25) is 0 Å². The normalized spacial score (nSPS) is 22.2. The Kier molecular flexibility index (Phi) is 11.2. The largest absolute Gasteiger partial charge is 0.480 e. The Morgan fingerprint density at radius 3 is 2.41 bits per heavy atom. The maximum atomic E-state index is 14.1. The minimum Gasteiger partial charge on any atom is -0.480 e. The first-order valence-corrected chi connectivity index (χ1v) is 25.1. The van der Waals surface area contributed by atoms with Crippen LogP contribution in [-0.4, -0.2) is 124 Å². The van der Waals surface area contributed by atoms with E-state index in [0.717, 1.165) is 98.0 Å². The molecule has 0 spiro atoms. The lowest BCUT2D eigenvalue weighted by atomic mass is 9.91. The summed E-state index contributed by atoms with van der Waals surface area (Å²) in [4.78, 5) is 90.8. The van der Waals surface area contributed by atoms with Crippen molar-refractivity contribution < 1.29 is 37.9 Å². The van der Waals surface area contributed by atoms with Crippen LogP contribution in [0.25, 0.3) is 11.1 Å². The number of aryl methyl sites for hydroxylation is 1. The molecule has 0 unspecified atom stereocenters. The summed E-state index contributed by atoms with van der Waals surface area (Å²) in [5.41, 5.74) is 6.66. The van der Waals surface area contributed by atoms with Crippen molar-refractivity contribution in [2.75, 3.05) is 66.3 Å². The number of piperidine rings is 2. The number of ether oxygens (including phenoxy) is 1. The zero-order valence-corrected chi connectivity index (χ0v) is 39.9. The van der Waals surface area contributed by atoms with Gasteiger partial charge in [0.25, 0.3) is 17.7 Å². The maximum Gasteiger partial charge on any atom is 0.269 e. The first kappa shape index (κ1) is 42.1. The molecule has 18 heteroatoms. The van der Waals surface area contributed by atoms with Crippen LogP contribution in [0.5, 0.6) is 5.88 Å². The molecule has 3 saturated heterocycles. The van der Waals surface area contributed by atoms with Gasteiger partial charge in [-0.3, -0.25) is 44.0 Å². The van der Waals surface area contributed by atoms with Gasteiger partial charge in [0.1, 0.15) is 23.4 Å². The highest BCUT2D eigenvalue weighted by atomic mass is 32.1. The number of carbonyl (C=O) groups is 5. The van der Waals surface area contributed by atoms with Gasteiger partial charge in [0.15, 0.2) is 0 Å². The standard InChI is InChI=1S/C52H56N10O7S/c1-29-28-59(32-15-19-58(20-16-32)33-8-10-38-39(25-33)51(67)62(50(38)66)41-11-13-44(64)57-48(41)65)22-23-60(29)34-9-12-43(54-27-34)56-40-24-31(26-55-49(40)69-3)35-14-18-53-47(45(35)30(2)63)61-21-17-37-36-6-4-5-7-42(36)70-46(37)52(61)68/h8-10,12,14,18,24-27,29-30,32,41,63H,4-7,11,13,15-17,19-23,28H2,1-3H3,(H,54,56)(H,57,64,65)/t29-,30-,41-/m0/s1/i3D3. The van der Waals surface area contributed by atoms with Crippen molar-refractivity contribution in [1.29, 1.82) is 0 Å². The van der Waals surface area contributed by atoms with Crippen molar-refractivity contribution in [3.8, 4) is 17.0 Å². The summed E-state index contributed by atoms with van der Waals surface area (Å²) in [5, 5.41) is 16.8. The quantitative estimate of drug-likeness (QED) is 0.137. The minimum absolute atomic E-state index is 0.0689. The molecule has 3 atom stereocenters. The highest BCUT2D eigenvalue weighted by molar-refractivity contribution is 7.14. The molecular formula is C52H56N10O7S. The lowest BCUT2D eigenvalue weighted by Gasteiger charge is -2.46. The molecule has 5 aromatic rings. The molecule has 70 heavy (non-hydrogen) atoms. The summed E-state index contributed by atoms with van der Waals surface area (Å²) in [5.74, 6) is -1.53. The van der Waals surface area contributed by atoms with Crippen molar-refractivity contribution in [2.24, 2.45) is 0 Å². The van der Waals surface area contributed by atoms with Crippen molar-refractivity contribution in [2.45, 2.75) is 95.9 Å². The molecule has 9 heterocycles. The molecule has 5 aliphatic heterocycles. The average Bonchev–Trinajstić information content (AvgIpc) is 3.88. The Morgan fingerprint density at radius 2 is 1.64 bits per heavy atom. The first-order chi connectivity index (χ1) is 35.1. The maximum absolute atomic E-state index is 14.1. The summed E-state index contributed by atoms with van der Waals surface area (Å²) < 4.78 is 29.0. The number of piperazine rings is 1. The number of rotatable bonds is 10. The SMILES string of the molecule is [2H]C([2H])([2H])Oc1ncc(-c2ccnc(N3CCc4c(sc5c4CCCC5)C3=O)c2[C@H](C)O)cc1Nc1ccc(N2CCN(C3CCN(c4ccc5c(c4)C(=O)N([C@H]4CCC(=O)NC4=O)C5=O)CC3)C[C@@H]2C)cn1. The zero-order chi connectivity index (χ0) is 50.9. The number of nitrogens with zero attached hydrogens (tertiary/aromatic N) is 8. The Hall–Kier alpha value is -6.76. The molecule has 0 saturated carbocycles. The fourth-order valence-corrected chi connectivity index (χ4v) is 12.8. The average molecular weight is 968 g/mol. The molecule has 3 fully saturated rings. The van der Waals surface area contributed by atoms with Gasteiger partial charge >= 0.3 is 0 Å². The third-order valence-corrected chi connectivity index (χ3v) is 16.3. The number of benzene rings is 1. The second kappa shape index (κ2) is 18.5.